The molecule has 1 aromatic heterocycles. The highest BCUT2D eigenvalue weighted by Crippen LogP contribution is 2.24. The number of aromatic nitrogens is 1. The van der Waals surface area contributed by atoms with E-state index in [0.29, 0.717) is 6.54 Å². The van der Waals surface area contributed by atoms with Crippen LogP contribution in [0.4, 0.5) is 0 Å². The second-order valence-corrected chi connectivity index (χ2v) is 7.95. The summed E-state index contributed by atoms with van der Waals surface area (Å²) in [5, 5.41) is 12.4. The fraction of sp³-hybridized carbons (Fsp3) is 0.440. The Morgan fingerprint density at radius 3 is 2.59 bits per heavy atom. The standard InChI is InChI=1S/C25H32N4O3/c1-19-16-21(20(2)29(19)23-6-8-24(31-3)9-7-23)17-22(18-26)25(30)27-10-4-5-11-28-12-14-32-15-13-28/h6-9,16-17H,4-5,10-15H2,1-3H3,(H,27,30)/b22-17-. The van der Waals surface area contributed by atoms with Crippen molar-refractivity contribution in [3.05, 3.63) is 52.9 Å². The molecule has 2 heterocycles. The van der Waals surface area contributed by atoms with E-state index in [-0.39, 0.29) is 11.5 Å². The molecule has 0 radical (unpaired) electrons. The van der Waals surface area contributed by atoms with Crippen LogP contribution in [0.25, 0.3) is 11.8 Å². The van der Waals surface area contributed by atoms with E-state index < -0.39 is 0 Å². The number of nitriles is 1. The molecule has 1 amide bonds. The van der Waals surface area contributed by atoms with Gasteiger partial charge in [-0.1, -0.05) is 0 Å². The van der Waals surface area contributed by atoms with E-state index in [1.807, 2.05) is 44.2 Å². The fourth-order valence-electron chi connectivity index (χ4n) is 3.95. The lowest BCUT2D eigenvalue weighted by molar-refractivity contribution is -0.117. The van der Waals surface area contributed by atoms with Gasteiger partial charge in [-0.15, -0.1) is 0 Å². The Balaban J connectivity index is 1.60. The number of methoxy groups -OCH3 is 1. The number of carbonyl (C=O) groups is 1. The van der Waals surface area contributed by atoms with Gasteiger partial charge in [0.1, 0.15) is 17.4 Å². The average Bonchev–Trinajstić information content (AvgIpc) is 3.10. The maximum absolute atomic E-state index is 12.5. The van der Waals surface area contributed by atoms with Crippen LogP contribution in [-0.2, 0) is 9.53 Å². The SMILES string of the molecule is COc1ccc(-n2c(C)cc(/C=C(/C#N)C(=O)NCCCCN3CCOCC3)c2C)cc1. The van der Waals surface area contributed by atoms with Crippen molar-refractivity contribution in [3.63, 3.8) is 0 Å². The lowest BCUT2D eigenvalue weighted by Gasteiger charge is -2.26. The average molecular weight is 437 g/mol. The molecule has 0 atom stereocenters. The Morgan fingerprint density at radius 2 is 1.94 bits per heavy atom. The summed E-state index contributed by atoms with van der Waals surface area (Å²) in [5.41, 5.74) is 3.98. The largest absolute Gasteiger partial charge is 0.497 e. The Hall–Kier alpha value is -3.08. The van der Waals surface area contributed by atoms with Crippen molar-refractivity contribution in [1.82, 2.24) is 14.8 Å². The topological polar surface area (TPSA) is 79.5 Å². The van der Waals surface area contributed by atoms with Gasteiger partial charge in [0, 0.05) is 36.7 Å². The number of rotatable bonds is 9. The van der Waals surface area contributed by atoms with Crippen molar-refractivity contribution in [2.24, 2.45) is 0 Å². The van der Waals surface area contributed by atoms with E-state index in [0.717, 1.165) is 74.1 Å². The van der Waals surface area contributed by atoms with E-state index in [9.17, 15) is 10.1 Å². The minimum absolute atomic E-state index is 0.119. The predicted molar refractivity (Wildman–Crippen MR) is 125 cm³/mol. The molecule has 1 fully saturated rings. The normalized spacial score (nSPS) is 14.8. The van der Waals surface area contributed by atoms with E-state index in [1.165, 1.54) is 0 Å². The summed E-state index contributed by atoms with van der Waals surface area (Å²) in [6.07, 6.45) is 3.56. The third-order valence-corrected chi connectivity index (χ3v) is 5.76. The molecule has 1 aliphatic rings. The summed E-state index contributed by atoms with van der Waals surface area (Å²) >= 11 is 0. The van der Waals surface area contributed by atoms with Crippen LogP contribution < -0.4 is 10.1 Å². The summed E-state index contributed by atoms with van der Waals surface area (Å²) in [6.45, 7) is 9.12. The zero-order valence-electron chi connectivity index (χ0n) is 19.2. The molecule has 7 nitrogen and oxygen atoms in total. The molecule has 1 aromatic carbocycles. The first-order valence-corrected chi connectivity index (χ1v) is 11.1. The number of ether oxygens (including phenoxy) is 2. The van der Waals surface area contributed by atoms with Gasteiger partial charge in [0.25, 0.3) is 5.91 Å². The van der Waals surface area contributed by atoms with Crippen LogP contribution >= 0.6 is 0 Å². The highest BCUT2D eigenvalue weighted by molar-refractivity contribution is 6.01. The number of unbranched alkanes of at least 4 members (excludes halogenated alkanes) is 1. The molecule has 1 N–H and O–H groups in total. The molecule has 7 heteroatoms. The molecular weight excluding hydrogens is 404 g/mol. The zero-order valence-corrected chi connectivity index (χ0v) is 19.2. The number of nitrogens with one attached hydrogen (secondary N) is 1. The van der Waals surface area contributed by atoms with E-state index >= 15 is 0 Å². The fourth-order valence-corrected chi connectivity index (χ4v) is 3.95. The van der Waals surface area contributed by atoms with Gasteiger partial charge >= 0.3 is 0 Å². The highest BCUT2D eigenvalue weighted by atomic mass is 16.5. The summed E-state index contributed by atoms with van der Waals surface area (Å²) < 4.78 is 12.7. The first-order chi connectivity index (χ1) is 15.5. The van der Waals surface area contributed by atoms with E-state index in [2.05, 4.69) is 20.9 Å². The number of amides is 1. The molecule has 2 aromatic rings. The van der Waals surface area contributed by atoms with Gasteiger partial charge in [-0.2, -0.15) is 5.26 Å². The number of hydrogen-bond donors (Lipinski definition) is 1. The number of aryl methyl sites for hydroxylation is 1. The second-order valence-electron chi connectivity index (χ2n) is 7.95. The third-order valence-electron chi connectivity index (χ3n) is 5.76. The smallest absolute Gasteiger partial charge is 0.261 e. The first-order valence-electron chi connectivity index (χ1n) is 11.1. The van der Waals surface area contributed by atoms with Crippen molar-refractivity contribution in [2.45, 2.75) is 26.7 Å². The van der Waals surface area contributed by atoms with Crippen LogP contribution in [-0.4, -0.2) is 61.9 Å². The minimum atomic E-state index is -0.326. The van der Waals surface area contributed by atoms with Crippen LogP contribution in [0.15, 0.2) is 35.9 Å². The van der Waals surface area contributed by atoms with Crippen molar-refractivity contribution in [1.29, 1.82) is 5.26 Å². The molecule has 0 aliphatic carbocycles. The summed E-state index contributed by atoms with van der Waals surface area (Å²) in [5.74, 6) is 0.470. The summed E-state index contributed by atoms with van der Waals surface area (Å²) in [7, 11) is 1.64. The van der Waals surface area contributed by atoms with Gasteiger partial charge in [0.2, 0.25) is 0 Å². The number of hydrogen-bond acceptors (Lipinski definition) is 5. The first kappa shape index (κ1) is 23.6. The summed E-state index contributed by atoms with van der Waals surface area (Å²) in [4.78, 5) is 14.9. The molecular formula is C25H32N4O3. The van der Waals surface area contributed by atoms with Crippen LogP contribution in [0.2, 0.25) is 0 Å². The maximum atomic E-state index is 12.5. The van der Waals surface area contributed by atoms with Crippen molar-refractivity contribution < 1.29 is 14.3 Å². The van der Waals surface area contributed by atoms with Gasteiger partial charge in [0.05, 0.1) is 20.3 Å². The Morgan fingerprint density at radius 1 is 1.22 bits per heavy atom. The van der Waals surface area contributed by atoms with E-state index in [4.69, 9.17) is 9.47 Å². The van der Waals surface area contributed by atoms with Crippen molar-refractivity contribution >= 4 is 12.0 Å². The Bertz CT molecular complexity index is 980. The predicted octanol–water partition coefficient (Wildman–Crippen LogP) is 3.24. The number of nitrogens with zero attached hydrogens (tertiary/aromatic N) is 3. The molecule has 0 saturated carbocycles. The van der Waals surface area contributed by atoms with Gasteiger partial charge in [-0.05, 0) is 75.2 Å². The maximum Gasteiger partial charge on any atom is 0.261 e. The molecule has 1 aliphatic heterocycles. The van der Waals surface area contributed by atoms with Gasteiger partial charge in [-0.25, -0.2) is 0 Å². The van der Waals surface area contributed by atoms with Crippen LogP contribution in [0.5, 0.6) is 5.75 Å². The van der Waals surface area contributed by atoms with Gasteiger partial charge in [-0.3, -0.25) is 9.69 Å². The molecule has 3 rings (SSSR count). The van der Waals surface area contributed by atoms with Crippen molar-refractivity contribution in [3.8, 4) is 17.5 Å². The quantitative estimate of drug-likeness (QED) is 0.371. The monoisotopic (exact) mass is 436 g/mol. The van der Waals surface area contributed by atoms with Crippen molar-refractivity contribution in [2.75, 3.05) is 46.5 Å². The zero-order chi connectivity index (χ0) is 22.9. The van der Waals surface area contributed by atoms with E-state index in [1.54, 1.807) is 13.2 Å². The number of morpholine rings is 1. The molecule has 0 spiro atoms. The Labute approximate surface area is 190 Å². The molecule has 0 bridgehead atoms. The third kappa shape index (κ3) is 6.00. The number of benzene rings is 1. The summed E-state index contributed by atoms with van der Waals surface area (Å²) in [6, 6.07) is 11.8. The minimum Gasteiger partial charge on any atom is -0.497 e. The second kappa shape index (κ2) is 11.5. The van der Waals surface area contributed by atoms with Gasteiger partial charge in [0.15, 0.2) is 0 Å². The van der Waals surface area contributed by atoms with Gasteiger partial charge < -0.3 is 19.4 Å². The lowest BCUT2D eigenvalue weighted by atomic mass is 10.1. The Kier molecular flexibility index (Phi) is 8.48. The lowest BCUT2D eigenvalue weighted by Crippen LogP contribution is -2.37. The molecule has 1 saturated heterocycles. The van der Waals surface area contributed by atoms with Crippen LogP contribution in [0.3, 0.4) is 0 Å². The highest BCUT2D eigenvalue weighted by Gasteiger charge is 2.14. The molecule has 32 heavy (non-hydrogen) atoms. The molecule has 170 valence electrons. The molecule has 0 unspecified atom stereocenters. The number of carbonyl (C=O) groups excluding carboxylic acids is 1. The van der Waals surface area contributed by atoms with Crippen LogP contribution in [0, 0.1) is 25.2 Å². The van der Waals surface area contributed by atoms with Crippen LogP contribution in [0.1, 0.15) is 29.8 Å².